The number of nitrogens with one attached hydrogen (secondary N) is 3. The van der Waals surface area contributed by atoms with E-state index in [1.165, 1.54) is 0 Å². The molecule has 0 spiro atoms. The van der Waals surface area contributed by atoms with Crippen molar-refractivity contribution < 1.29 is 14.4 Å². The zero-order chi connectivity index (χ0) is 23.9. The third kappa shape index (κ3) is 6.02. The molecule has 4 rings (SSSR count). The Labute approximate surface area is 200 Å². The van der Waals surface area contributed by atoms with Gasteiger partial charge < -0.3 is 20.9 Å². The Bertz CT molecular complexity index is 1020. The van der Waals surface area contributed by atoms with Gasteiger partial charge in [0.15, 0.2) is 5.69 Å². The fraction of sp³-hybridized carbons (Fsp3) is 0.520. The standard InChI is InChI=1S/C25H34N6O3/c1-30-21-10-9-19-16-20(21)24(29-30)25(34)27-14-13-26-12-5-8-23(33)31(17-22(32)28-19)15-11-18-6-3-2-4-7-18/h2-4,6-7,19,26H,5,8-17H2,1H3,(H,27,34)(H,28,32). The van der Waals surface area contributed by atoms with Crippen molar-refractivity contribution in [1.82, 2.24) is 30.6 Å². The zero-order valence-corrected chi connectivity index (χ0v) is 19.8. The molecule has 0 saturated heterocycles. The number of benzene rings is 1. The summed E-state index contributed by atoms with van der Waals surface area (Å²) in [6, 6.07) is 9.92. The van der Waals surface area contributed by atoms with Crippen LogP contribution in [-0.4, -0.2) is 71.2 Å². The highest BCUT2D eigenvalue weighted by atomic mass is 16.2. The lowest BCUT2D eigenvalue weighted by Crippen LogP contribution is -2.46. The van der Waals surface area contributed by atoms with Gasteiger partial charge in [0, 0.05) is 50.4 Å². The lowest BCUT2D eigenvalue weighted by Gasteiger charge is -2.27. The normalized spacial score (nSPS) is 20.4. The van der Waals surface area contributed by atoms with Crippen LogP contribution in [0.3, 0.4) is 0 Å². The molecule has 9 heteroatoms. The van der Waals surface area contributed by atoms with E-state index in [1.807, 2.05) is 37.4 Å². The minimum atomic E-state index is -0.183. The van der Waals surface area contributed by atoms with Crippen LogP contribution in [-0.2, 0) is 35.9 Å². The number of hydrogen-bond acceptors (Lipinski definition) is 5. The fourth-order valence-electron chi connectivity index (χ4n) is 4.74. The lowest BCUT2D eigenvalue weighted by molar-refractivity contribution is -0.136. The van der Waals surface area contributed by atoms with E-state index >= 15 is 0 Å². The third-order valence-corrected chi connectivity index (χ3v) is 6.57. The molecule has 0 saturated carbocycles. The molecule has 0 fully saturated rings. The second-order valence-electron chi connectivity index (χ2n) is 9.07. The van der Waals surface area contributed by atoms with Crippen molar-refractivity contribution in [2.24, 2.45) is 7.05 Å². The first-order chi connectivity index (χ1) is 16.5. The van der Waals surface area contributed by atoms with Crippen molar-refractivity contribution in [2.45, 2.75) is 44.6 Å². The topological polar surface area (TPSA) is 108 Å². The van der Waals surface area contributed by atoms with E-state index in [0.717, 1.165) is 29.7 Å². The van der Waals surface area contributed by atoms with Gasteiger partial charge in [-0.05, 0) is 44.2 Å². The van der Waals surface area contributed by atoms with E-state index in [4.69, 9.17) is 0 Å². The second kappa shape index (κ2) is 11.3. The van der Waals surface area contributed by atoms with Crippen molar-refractivity contribution in [3.05, 3.63) is 52.8 Å². The smallest absolute Gasteiger partial charge is 0.272 e. The highest BCUT2D eigenvalue weighted by Gasteiger charge is 2.29. The molecule has 3 N–H and O–H groups in total. The Morgan fingerprint density at radius 1 is 1.06 bits per heavy atom. The Morgan fingerprint density at radius 2 is 1.88 bits per heavy atom. The molecule has 2 aromatic rings. The van der Waals surface area contributed by atoms with Crippen LogP contribution in [0.5, 0.6) is 0 Å². The lowest BCUT2D eigenvalue weighted by atomic mass is 9.91. The summed E-state index contributed by atoms with van der Waals surface area (Å²) >= 11 is 0. The Balaban J connectivity index is 1.48. The first-order valence-electron chi connectivity index (χ1n) is 12.2. The molecular weight excluding hydrogens is 432 g/mol. The summed E-state index contributed by atoms with van der Waals surface area (Å²) in [6.45, 7) is 2.32. The highest BCUT2D eigenvalue weighted by molar-refractivity contribution is 5.94. The number of amides is 3. The van der Waals surface area contributed by atoms with Gasteiger partial charge >= 0.3 is 0 Å². The first-order valence-corrected chi connectivity index (χ1v) is 12.2. The molecular formula is C25H34N6O3. The van der Waals surface area contributed by atoms with Crippen LogP contribution in [0.15, 0.2) is 30.3 Å². The largest absolute Gasteiger partial charge is 0.351 e. The molecule has 2 aliphatic rings. The average Bonchev–Trinajstić information content (AvgIpc) is 3.16. The molecule has 3 amide bonds. The van der Waals surface area contributed by atoms with E-state index in [-0.39, 0.29) is 30.3 Å². The van der Waals surface area contributed by atoms with Gasteiger partial charge in [-0.15, -0.1) is 0 Å². The van der Waals surface area contributed by atoms with Gasteiger partial charge in [-0.2, -0.15) is 5.10 Å². The number of nitrogens with zero attached hydrogens (tertiary/aromatic N) is 3. The van der Waals surface area contributed by atoms with Gasteiger partial charge in [-0.1, -0.05) is 30.3 Å². The summed E-state index contributed by atoms with van der Waals surface area (Å²) < 4.78 is 1.78. The number of aryl methyl sites for hydroxylation is 1. The summed E-state index contributed by atoms with van der Waals surface area (Å²) in [7, 11) is 1.86. The Kier molecular flexibility index (Phi) is 7.95. The minimum absolute atomic E-state index is 0.00836. The molecule has 182 valence electrons. The number of carbonyl (C=O) groups excluding carboxylic acids is 3. The average molecular weight is 467 g/mol. The van der Waals surface area contributed by atoms with Gasteiger partial charge in [0.05, 0.1) is 6.54 Å². The molecule has 1 aromatic heterocycles. The van der Waals surface area contributed by atoms with Gasteiger partial charge in [0.1, 0.15) is 0 Å². The maximum Gasteiger partial charge on any atom is 0.272 e. The number of aromatic nitrogens is 2. The first kappa shape index (κ1) is 23.9. The zero-order valence-electron chi connectivity index (χ0n) is 19.8. The molecule has 2 heterocycles. The monoisotopic (exact) mass is 466 g/mol. The molecule has 1 aliphatic carbocycles. The molecule has 0 radical (unpaired) electrons. The van der Waals surface area contributed by atoms with E-state index in [2.05, 4.69) is 21.0 Å². The SMILES string of the molecule is Cn1nc2c3c1CCC(C3)NC(=O)CN(CCc1ccccc1)C(=O)CCCNCCNC2=O. The van der Waals surface area contributed by atoms with Crippen LogP contribution in [0, 0.1) is 0 Å². The summed E-state index contributed by atoms with van der Waals surface area (Å²) in [5.41, 5.74) is 3.54. The van der Waals surface area contributed by atoms with E-state index in [1.54, 1.807) is 9.58 Å². The van der Waals surface area contributed by atoms with Gasteiger partial charge in [-0.25, -0.2) is 0 Å². The van der Waals surface area contributed by atoms with E-state index < -0.39 is 0 Å². The third-order valence-electron chi connectivity index (χ3n) is 6.57. The van der Waals surface area contributed by atoms with Crippen molar-refractivity contribution in [1.29, 1.82) is 0 Å². The Hall–Kier alpha value is -3.20. The summed E-state index contributed by atoms with van der Waals surface area (Å²) in [4.78, 5) is 40.3. The number of carbonyl (C=O) groups is 3. The number of fused-ring (bicyclic) bond motifs is 1. The van der Waals surface area contributed by atoms with Crippen molar-refractivity contribution >= 4 is 17.7 Å². The highest BCUT2D eigenvalue weighted by Crippen LogP contribution is 2.24. The summed E-state index contributed by atoms with van der Waals surface area (Å²) in [5, 5.41) is 13.8. The molecule has 1 aromatic carbocycles. The molecule has 9 nitrogen and oxygen atoms in total. The quantitative estimate of drug-likeness (QED) is 0.613. The molecule has 1 aliphatic heterocycles. The Morgan fingerprint density at radius 3 is 2.71 bits per heavy atom. The molecule has 1 unspecified atom stereocenters. The summed E-state index contributed by atoms with van der Waals surface area (Å²) in [6.07, 6.45) is 3.85. The maximum absolute atomic E-state index is 13.0. The maximum atomic E-state index is 13.0. The molecule has 1 atom stereocenters. The number of hydrogen-bond donors (Lipinski definition) is 3. The van der Waals surface area contributed by atoms with E-state index in [9.17, 15) is 14.4 Å². The van der Waals surface area contributed by atoms with Gasteiger partial charge in [0.25, 0.3) is 5.91 Å². The molecule has 2 bridgehead atoms. The number of rotatable bonds is 3. The van der Waals surface area contributed by atoms with Crippen LogP contribution in [0.25, 0.3) is 0 Å². The van der Waals surface area contributed by atoms with Crippen LogP contribution in [0.4, 0.5) is 0 Å². The van der Waals surface area contributed by atoms with Crippen molar-refractivity contribution in [2.75, 3.05) is 32.7 Å². The van der Waals surface area contributed by atoms with Gasteiger partial charge in [-0.3, -0.25) is 19.1 Å². The van der Waals surface area contributed by atoms with E-state index in [0.29, 0.717) is 57.6 Å². The van der Waals surface area contributed by atoms with Gasteiger partial charge in [0.2, 0.25) is 11.8 Å². The van der Waals surface area contributed by atoms with Crippen LogP contribution in [0.2, 0.25) is 0 Å². The van der Waals surface area contributed by atoms with Crippen molar-refractivity contribution in [3.8, 4) is 0 Å². The van der Waals surface area contributed by atoms with Crippen molar-refractivity contribution in [3.63, 3.8) is 0 Å². The van der Waals surface area contributed by atoms with Crippen LogP contribution < -0.4 is 16.0 Å². The van der Waals surface area contributed by atoms with Crippen LogP contribution >= 0.6 is 0 Å². The van der Waals surface area contributed by atoms with Crippen LogP contribution in [0.1, 0.15) is 46.6 Å². The minimum Gasteiger partial charge on any atom is -0.351 e. The predicted molar refractivity (Wildman–Crippen MR) is 128 cm³/mol. The fourth-order valence-corrected chi connectivity index (χ4v) is 4.74. The second-order valence-corrected chi connectivity index (χ2v) is 9.07. The predicted octanol–water partition coefficient (Wildman–Crippen LogP) is 0.578. The summed E-state index contributed by atoms with van der Waals surface area (Å²) in [5.74, 6) is -0.352. The molecule has 34 heavy (non-hydrogen) atoms.